The quantitative estimate of drug-likeness (QED) is 0.0676. The lowest BCUT2D eigenvalue weighted by atomic mass is 10.0. The largest absolute Gasteiger partial charge is 0.356 e. The van der Waals surface area contributed by atoms with Crippen LogP contribution >= 0.6 is 0 Å². The van der Waals surface area contributed by atoms with Crippen LogP contribution in [0.1, 0.15) is 200 Å². The number of rotatable bonds is 33. The second-order valence-corrected chi connectivity index (χ2v) is 12.6. The zero-order valence-corrected chi connectivity index (χ0v) is 27.9. The lowest BCUT2D eigenvalue weighted by molar-refractivity contribution is -0.127. The molecule has 1 atom stereocenters. The number of unbranched alkanes of at least 4 members (excludes halogenated alkanes) is 26. The summed E-state index contributed by atoms with van der Waals surface area (Å²) in [4.78, 5) is 24.3. The first-order valence-corrected chi connectivity index (χ1v) is 18.4. The smallest absolute Gasteiger partial charge is 0.237 e. The van der Waals surface area contributed by atoms with Crippen LogP contribution in [0.3, 0.4) is 0 Å². The van der Waals surface area contributed by atoms with Crippen LogP contribution in [-0.4, -0.2) is 30.9 Å². The van der Waals surface area contributed by atoms with Gasteiger partial charge in [-0.2, -0.15) is 0 Å². The van der Waals surface area contributed by atoms with E-state index in [0.29, 0.717) is 13.1 Å². The molecule has 0 heterocycles. The van der Waals surface area contributed by atoms with Gasteiger partial charge in [0.15, 0.2) is 0 Å². The van der Waals surface area contributed by atoms with Crippen molar-refractivity contribution in [3.63, 3.8) is 0 Å². The Hall–Kier alpha value is -1.10. The van der Waals surface area contributed by atoms with Gasteiger partial charge in [0.1, 0.15) is 0 Å². The molecule has 0 fully saturated rings. The average molecular weight is 580 g/mol. The third-order valence-electron chi connectivity index (χ3n) is 8.42. The molecule has 0 aliphatic carbocycles. The summed E-state index contributed by atoms with van der Waals surface area (Å²) in [5.74, 6) is -0.315. The minimum absolute atomic E-state index is 0.0726. The topological polar surface area (TPSA) is 84.2 Å². The van der Waals surface area contributed by atoms with Gasteiger partial charge in [-0.15, -0.1) is 0 Å². The molecule has 0 aromatic carbocycles. The number of nitrogens with two attached hydrogens (primary N) is 1. The molecular weight excluding hydrogens is 506 g/mol. The number of nitrogens with one attached hydrogen (secondary N) is 2. The zero-order chi connectivity index (χ0) is 30.1. The van der Waals surface area contributed by atoms with Crippen molar-refractivity contribution < 1.29 is 9.59 Å². The SMILES string of the molecule is CCCCCCCCCCCCCCCCNC(=O)C[C@H](N)C(=O)NCCCCCCCCCCCCCCCC. The summed E-state index contributed by atoms with van der Waals surface area (Å²) in [6.07, 6.45) is 37.2. The van der Waals surface area contributed by atoms with Gasteiger partial charge in [0.2, 0.25) is 11.8 Å². The van der Waals surface area contributed by atoms with Gasteiger partial charge < -0.3 is 16.4 Å². The monoisotopic (exact) mass is 580 g/mol. The zero-order valence-electron chi connectivity index (χ0n) is 27.9. The molecule has 0 aliphatic heterocycles. The standard InChI is InChI=1S/C36H73N3O2/c1-3-5-7-9-11-13-15-17-19-21-23-25-27-29-31-38-35(40)33-34(37)36(41)39-32-30-28-26-24-22-20-18-16-14-12-10-8-6-4-2/h34H,3-33,37H2,1-2H3,(H,38,40)(H,39,41)/t34-/m0/s1. The fourth-order valence-corrected chi connectivity index (χ4v) is 5.57. The Balaban J connectivity index is 3.40. The van der Waals surface area contributed by atoms with Crippen LogP contribution in [0.15, 0.2) is 0 Å². The van der Waals surface area contributed by atoms with E-state index >= 15 is 0 Å². The molecule has 0 saturated carbocycles. The second kappa shape index (κ2) is 33.4. The minimum atomic E-state index is -0.752. The van der Waals surface area contributed by atoms with Gasteiger partial charge in [-0.1, -0.05) is 181 Å². The molecule has 0 unspecified atom stereocenters. The van der Waals surface area contributed by atoms with Crippen LogP contribution in [0.4, 0.5) is 0 Å². The molecule has 41 heavy (non-hydrogen) atoms. The van der Waals surface area contributed by atoms with Crippen molar-refractivity contribution in [1.82, 2.24) is 10.6 Å². The third-order valence-corrected chi connectivity index (χ3v) is 8.42. The molecule has 0 bridgehead atoms. The summed E-state index contributed by atoms with van der Waals surface area (Å²) in [6, 6.07) is -0.752. The van der Waals surface area contributed by atoms with E-state index in [0.717, 1.165) is 25.7 Å². The van der Waals surface area contributed by atoms with E-state index in [1.807, 2.05) is 0 Å². The number of hydrogen-bond acceptors (Lipinski definition) is 3. The fraction of sp³-hybridized carbons (Fsp3) is 0.944. The van der Waals surface area contributed by atoms with Crippen LogP contribution in [0, 0.1) is 0 Å². The Bertz CT molecular complexity index is 555. The van der Waals surface area contributed by atoms with Crippen molar-refractivity contribution >= 4 is 11.8 Å². The average Bonchev–Trinajstić information content (AvgIpc) is 2.96. The molecule has 0 saturated heterocycles. The van der Waals surface area contributed by atoms with Crippen molar-refractivity contribution in [1.29, 1.82) is 0 Å². The first-order chi connectivity index (χ1) is 20.1. The van der Waals surface area contributed by atoms with E-state index in [4.69, 9.17) is 5.73 Å². The molecule has 5 heteroatoms. The van der Waals surface area contributed by atoms with Crippen LogP contribution in [-0.2, 0) is 9.59 Å². The van der Waals surface area contributed by atoms with E-state index in [1.54, 1.807) is 0 Å². The summed E-state index contributed by atoms with van der Waals surface area (Å²) < 4.78 is 0. The first kappa shape index (κ1) is 39.9. The van der Waals surface area contributed by atoms with Crippen molar-refractivity contribution in [2.24, 2.45) is 5.73 Å². The predicted octanol–water partition coefficient (Wildman–Crippen LogP) is 9.90. The molecule has 0 radical (unpaired) electrons. The predicted molar refractivity (Wildman–Crippen MR) is 179 cm³/mol. The number of amides is 2. The molecule has 0 spiro atoms. The Morgan fingerprint density at radius 2 is 0.707 bits per heavy atom. The summed E-state index contributed by atoms with van der Waals surface area (Å²) in [6.45, 7) is 5.89. The third kappa shape index (κ3) is 31.7. The van der Waals surface area contributed by atoms with Gasteiger partial charge in [0, 0.05) is 13.1 Å². The van der Waals surface area contributed by atoms with Crippen molar-refractivity contribution in [3.05, 3.63) is 0 Å². The van der Waals surface area contributed by atoms with Crippen LogP contribution < -0.4 is 16.4 Å². The molecule has 0 aromatic rings. The van der Waals surface area contributed by atoms with Gasteiger partial charge in [0.25, 0.3) is 0 Å². The van der Waals surface area contributed by atoms with Gasteiger partial charge in [-0.05, 0) is 12.8 Å². The van der Waals surface area contributed by atoms with Gasteiger partial charge in [0.05, 0.1) is 12.5 Å². The summed E-state index contributed by atoms with van der Waals surface area (Å²) in [5, 5.41) is 5.84. The number of carbonyl (C=O) groups excluding carboxylic acids is 2. The molecule has 5 nitrogen and oxygen atoms in total. The van der Waals surface area contributed by atoms with Crippen molar-refractivity contribution in [2.75, 3.05) is 13.1 Å². The maximum Gasteiger partial charge on any atom is 0.237 e. The summed E-state index contributed by atoms with van der Waals surface area (Å²) in [5.41, 5.74) is 5.96. The molecule has 0 rings (SSSR count). The van der Waals surface area contributed by atoms with Crippen LogP contribution in [0.5, 0.6) is 0 Å². The molecule has 0 aromatic heterocycles. The first-order valence-electron chi connectivity index (χ1n) is 18.4. The lowest BCUT2D eigenvalue weighted by Gasteiger charge is -2.12. The highest BCUT2D eigenvalue weighted by Crippen LogP contribution is 2.14. The van der Waals surface area contributed by atoms with Gasteiger partial charge >= 0.3 is 0 Å². The fourth-order valence-electron chi connectivity index (χ4n) is 5.57. The van der Waals surface area contributed by atoms with Crippen LogP contribution in [0.2, 0.25) is 0 Å². The molecular formula is C36H73N3O2. The van der Waals surface area contributed by atoms with Gasteiger partial charge in [-0.3, -0.25) is 9.59 Å². The highest BCUT2D eigenvalue weighted by atomic mass is 16.2. The second-order valence-electron chi connectivity index (χ2n) is 12.6. The Kier molecular flexibility index (Phi) is 32.5. The normalized spacial score (nSPS) is 12.0. The molecule has 244 valence electrons. The van der Waals surface area contributed by atoms with Crippen LogP contribution in [0.25, 0.3) is 0 Å². The molecule has 4 N–H and O–H groups in total. The number of hydrogen-bond donors (Lipinski definition) is 3. The highest BCUT2D eigenvalue weighted by Gasteiger charge is 2.16. The molecule has 2 amide bonds. The van der Waals surface area contributed by atoms with E-state index in [9.17, 15) is 9.59 Å². The van der Waals surface area contributed by atoms with Crippen molar-refractivity contribution in [2.45, 2.75) is 206 Å². The molecule has 0 aliphatic rings. The highest BCUT2D eigenvalue weighted by molar-refractivity contribution is 5.88. The Morgan fingerprint density at radius 3 is 1.02 bits per heavy atom. The van der Waals surface area contributed by atoms with E-state index in [1.165, 1.54) is 154 Å². The minimum Gasteiger partial charge on any atom is -0.356 e. The van der Waals surface area contributed by atoms with Gasteiger partial charge in [-0.25, -0.2) is 0 Å². The van der Waals surface area contributed by atoms with E-state index < -0.39 is 6.04 Å². The lowest BCUT2D eigenvalue weighted by Crippen LogP contribution is -2.44. The van der Waals surface area contributed by atoms with Crippen molar-refractivity contribution in [3.8, 4) is 0 Å². The Labute approximate surface area is 256 Å². The Morgan fingerprint density at radius 1 is 0.439 bits per heavy atom. The maximum absolute atomic E-state index is 12.2. The summed E-state index contributed by atoms with van der Waals surface area (Å²) >= 11 is 0. The summed E-state index contributed by atoms with van der Waals surface area (Å²) in [7, 11) is 0. The number of carbonyl (C=O) groups is 2. The van der Waals surface area contributed by atoms with E-state index in [-0.39, 0.29) is 18.2 Å². The van der Waals surface area contributed by atoms with E-state index in [2.05, 4.69) is 24.5 Å². The maximum atomic E-state index is 12.2.